The minimum absolute atomic E-state index is 0. The number of aromatic nitrogens is 1. The molecule has 0 aliphatic carbocycles. The second-order valence-electron chi connectivity index (χ2n) is 5.43. The Morgan fingerprint density at radius 1 is 1.25 bits per heavy atom. The van der Waals surface area contributed by atoms with Crippen molar-refractivity contribution >= 4 is 41.3 Å². The summed E-state index contributed by atoms with van der Waals surface area (Å²) < 4.78 is 0. The largest absolute Gasteiger partial charge is 0.357 e. The van der Waals surface area contributed by atoms with Gasteiger partial charge in [-0.3, -0.25) is 4.99 Å². The smallest absolute Gasteiger partial charge is 0.191 e. The number of aliphatic imine (C=N–C) groups is 1. The van der Waals surface area contributed by atoms with Crippen molar-refractivity contribution in [2.45, 2.75) is 46.5 Å². The first-order valence-corrected chi connectivity index (χ1v) is 7.82. The average Bonchev–Trinajstić information content (AvgIpc) is 2.78. The molecule has 0 amide bonds. The van der Waals surface area contributed by atoms with Crippen LogP contribution in [0.5, 0.6) is 0 Å². The van der Waals surface area contributed by atoms with Gasteiger partial charge in [-0.2, -0.15) is 0 Å². The van der Waals surface area contributed by atoms with E-state index in [0.29, 0.717) is 0 Å². The number of thiazole rings is 1. The highest BCUT2D eigenvalue weighted by atomic mass is 127. The zero-order valence-corrected chi connectivity index (χ0v) is 16.3. The predicted molar refractivity (Wildman–Crippen MR) is 99.6 cm³/mol. The molecule has 0 saturated heterocycles. The van der Waals surface area contributed by atoms with Gasteiger partial charge in [0.1, 0.15) is 0 Å². The number of guanidine groups is 1. The lowest BCUT2D eigenvalue weighted by atomic mass is 9.98. The van der Waals surface area contributed by atoms with Gasteiger partial charge in [-0.15, -0.1) is 35.3 Å². The molecule has 0 atom stereocenters. The summed E-state index contributed by atoms with van der Waals surface area (Å²) in [7, 11) is 0. The Morgan fingerprint density at radius 2 is 1.85 bits per heavy atom. The van der Waals surface area contributed by atoms with E-state index in [1.54, 1.807) is 11.3 Å². The van der Waals surface area contributed by atoms with Crippen LogP contribution in [-0.2, 0) is 11.8 Å². The van der Waals surface area contributed by atoms with E-state index in [1.807, 2.05) is 0 Å². The minimum Gasteiger partial charge on any atom is -0.357 e. The van der Waals surface area contributed by atoms with Crippen molar-refractivity contribution in [2.24, 2.45) is 4.99 Å². The highest BCUT2D eigenvalue weighted by molar-refractivity contribution is 14.0. The molecule has 0 unspecified atom stereocenters. The molecule has 116 valence electrons. The lowest BCUT2D eigenvalue weighted by Gasteiger charge is -2.13. The van der Waals surface area contributed by atoms with Crippen LogP contribution < -0.4 is 10.6 Å². The van der Waals surface area contributed by atoms with Crippen LogP contribution >= 0.6 is 35.3 Å². The quantitative estimate of drug-likeness (QED) is 0.446. The van der Waals surface area contributed by atoms with Gasteiger partial charge in [-0.1, -0.05) is 20.8 Å². The summed E-state index contributed by atoms with van der Waals surface area (Å²) in [6, 6.07) is 0. The molecule has 0 spiro atoms. The van der Waals surface area contributed by atoms with Gasteiger partial charge >= 0.3 is 0 Å². The number of halogens is 1. The van der Waals surface area contributed by atoms with Crippen LogP contribution in [-0.4, -0.2) is 30.6 Å². The first kappa shape index (κ1) is 19.6. The van der Waals surface area contributed by atoms with Gasteiger partial charge in [0, 0.05) is 36.9 Å². The highest BCUT2D eigenvalue weighted by Crippen LogP contribution is 2.25. The molecular formula is C14H27IN4S. The Balaban J connectivity index is 0.00000361. The normalized spacial score (nSPS) is 10.7. The van der Waals surface area contributed by atoms with Crippen LogP contribution in [0.3, 0.4) is 0 Å². The van der Waals surface area contributed by atoms with Gasteiger partial charge in [-0.05, 0) is 13.8 Å². The van der Waals surface area contributed by atoms with Crippen molar-refractivity contribution < 1.29 is 0 Å². The van der Waals surface area contributed by atoms with Crippen LogP contribution in [0.4, 0.5) is 0 Å². The first-order chi connectivity index (χ1) is 8.97. The maximum Gasteiger partial charge on any atom is 0.191 e. The SMILES string of the molecule is CCNC(=NCCc1csc(C(C)(C)C)n1)NCC.I. The number of hydrogen-bond donors (Lipinski definition) is 2. The molecule has 0 saturated carbocycles. The summed E-state index contributed by atoms with van der Waals surface area (Å²) in [5.74, 6) is 0.885. The van der Waals surface area contributed by atoms with Crippen molar-refractivity contribution in [2.75, 3.05) is 19.6 Å². The van der Waals surface area contributed by atoms with Crippen LogP contribution in [0.1, 0.15) is 45.3 Å². The lowest BCUT2D eigenvalue weighted by Crippen LogP contribution is -2.37. The number of nitrogens with zero attached hydrogens (tertiary/aromatic N) is 2. The van der Waals surface area contributed by atoms with Gasteiger partial charge in [0.05, 0.1) is 10.7 Å². The molecule has 6 heteroatoms. The highest BCUT2D eigenvalue weighted by Gasteiger charge is 2.17. The standard InChI is InChI=1S/C14H26N4S.HI/c1-6-15-13(16-7-2)17-9-8-11-10-19-12(18-11)14(3,4)5;/h10H,6-9H2,1-5H3,(H2,15,16,17);1H. The molecule has 0 bridgehead atoms. The van der Waals surface area contributed by atoms with Crippen LogP contribution in [0, 0.1) is 0 Å². The average molecular weight is 410 g/mol. The summed E-state index contributed by atoms with van der Waals surface area (Å²) in [4.78, 5) is 9.21. The third-order valence-electron chi connectivity index (χ3n) is 2.52. The third-order valence-corrected chi connectivity index (χ3v) is 3.84. The van der Waals surface area contributed by atoms with E-state index in [4.69, 9.17) is 0 Å². The summed E-state index contributed by atoms with van der Waals surface area (Å²) >= 11 is 1.75. The predicted octanol–water partition coefficient (Wildman–Crippen LogP) is 3.18. The van der Waals surface area contributed by atoms with E-state index >= 15 is 0 Å². The van der Waals surface area contributed by atoms with Crippen molar-refractivity contribution in [1.82, 2.24) is 15.6 Å². The maximum atomic E-state index is 4.68. The maximum absolute atomic E-state index is 4.68. The van der Waals surface area contributed by atoms with Crippen LogP contribution in [0.15, 0.2) is 10.4 Å². The van der Waals surface area contributed by atoms with E-state index in [0.717, 1.165) is 37.7 Å². The Morgan fingerprint density at radius 3 is 2.30 bits per heavy atom. The third kappa shape index (κ3) is 6.88. The number of hydrogen-bond acceptors (Lipinski definition) is 3. The van der Waals surface area contributed by atoms with E-state index in [-0.39, 0.29) is 29.4 Å². The molecule has 1 aromatic heterocycles. The Bertz CT molecular complexity index is 402. The molecule has 1 heterocycles. The summed E-state index contributed by atoms with van der Waals surface area (Å²) in [5.41, 5.74) is 1.29. The minimum atomic E-state index is 0. The summed E-state index contributed by atoms with van der Waals surface area (Å²) in [6.45, 7) is 13.3. The molecule has 2 N–H and O–H groups in total. The summed E-state index contributed by atoms with van der Waals surface area (Å²) in [6.07, 6.45) is 0.896. The van der Waals surface area contributed by atoms with Crippen molar-refractivity contribution in [3.8, 4) is 0 Å². The fraction of sp³-hybridized carbons (Fsp3) is 0.714. The first-order valence-electron chi connectivity index (χ1n) is 6.94. The zero-order valence-electron chi connectivity index (χ0n) is 13.1. The topological polar surface area (TPSA) is 49.3 Å². The van der Waals surface area contributed by atoms with Crippen molar-refractivity contribution in [3.63, 3.8) is 0 Å². The second kappa shape index (κ2) is 9.55. The van der Waals surface area contributed by atoms with Crippen LogP contribution in [0.2, 0.25) is 0 Å². The van der Waals surface area contributed by atoms with Crippen LogP contribution in [0.25, 0.3) is 0 Å². The fourth-order valence-electron chi connectivity index (χ4n) is 1.56. The molecule has 0 fully saturated rings. The van der Waals surface area contributed by atoms with Gasteiger partial charge < -0.3 is 10.6 Å². The van der Waals surface area contributed by atoms with E-state index in [9.17, 15) is 0 Å². The fourth-order valence-corrected chi connectivity index (χ4v) is 2.50. The van der Waals surface area contributed by atoms with E-state index in [1.165, 1.54) is 5.01 Å². The van der Waals surface area contributed by atoms with E-state index in [2.05, 4.69) is 60.6 Å². The monoisotopic (exact) mass is 410 g/mol. The molecule has 0 aliphatic rings. The second-order valence-corrected chi connectivity index (χ2v) is 6.29. The summed E-state index contributed by atoms with van der Waals surface area (Å²) in [5, 5.41) is 9.79. The van der Waals surface area contributed by atoms with Gasteiger partial charge in [0.15, 0.2) is 5.96 Å². The molecule has 0 aromatic carbocycles. The Labute approximate surface area is 143 Å². The molecule has 0 radical (unpaired) electrons. The molecule has 20 heavy (non-hydrogen) atoms. The Kier molecular flexibility index (Phi) is 9.37. The molecule has 1 aromatic rings. The Hall–Kier alpha value is -0.370. The van der Waals surface area contributed by atoms with Crippen molar-refractivity contribution in [1.29, 1.82) is 0 Å². The number of rotatable bonds is 5. The van der Waals surface area contributed by atoms with Crippen molar-refractivity contribution in [3.05, 3.63) is 16.1 Å². The zero-order chi connectivity index (χ0) is 14.3. The van der Waals surface area contributed by atoms with Gasteiger partial charge in [0.25, 0.3) is 0 Å². The molecular weight excluding hydrogens is 383 g/mol. The van der Waals surface area contributed by atoms with Gasteiger partial charge in [-0.25, -0.2) is 4.98 Å². The van der Waals surface area contributed by atoms with E-state index < -0.39 is 0 Å². The molecule has 4 nitrogen and oxygen atoms in total. The van der Waals surface area contributed by atoms with Gasteiger partial charge in [0.2, 0.25) is 0 Å². The number of nitrogens with one attached hydrogen (secondary N) is 2. The molecule has 1 rings (SSSR count). The molecule has 0 aliphatic heterocycles. The lowest BCUT2D eigenvalue weighted by molar-refractivity contribution is 0.583.